The predicted octanol–water partition coefficient (Wildman–Crippen LogP) is 4.39. The van der Waals surface area contributed by atoms with Crippen LogP contribution in [0.25, 0.3) is 17.0 Å². The number of H-pyrrole nitrogens is 1. The van der Waals surface area contributed by atoms with Crippen molar-refractivity contribution in [3.63, 3.8) is 0 Å². The molecular weight excluding hydrogens is 371 g/mol. The van der Waals surface area contributed by atoms with Crippen LogP contribution in [0.2, 0.25) is 0 Å². The number of pyridine rings is 1. The van der Waals surface area contributed by atoms with Gasteiger partial charge in [-0.3, -0.25) is 4.79 Å². The van der Waals surface area contributed by atoms with Gasteiger partial charge in [0.2, 0.25) is 11.8 Å². The Labute approximate surface area is 159 Å². The van der Waals surface area contributed by atoms with Crippen molar-refractivity contribution in [2.24, 2.45) is 0 Å². The van der Waals surface area contributed by atoms with E-state index in [9.17, 15) is 18.0 Å². The number of alkyl halides is 3. The second kappa shape index (κ2) is 8.16. The molecule has 2 N–H and O–H groups in total. The molecule has 0 fully saturated rings. The summed E-state index contributed by atoms with van der Waals surface area (Å²) in [5, 5.41) is 3.80. The van der Waals surface area contributed by atoms with Crippen LogP contribution in [0.4, 0.5) is 13.2 Å². The molecule has 0 saturated carbocycles. The minimum Gasteiger partial charge on any atom is -0.468 e. The Bertz CT molecular complexity index is 978. The van der Waals surface area contributed by atoms with Crippen LogP contribution in [-0.2, 0) is 4.79 Å². The smallest absolute Gasteiger partial charge is 0.422 e. The zero-order valence-corrected chi connectivity index (χ0v) is 15.0. The van der Waals surface area contributed by atoms with Gasteiger partial charge in [0.1, 0.15) is 0 Å². The number of hydrogen-bond donors (Lipinski definition) is 2. The third-order valence-corrected chi connectivity index (χ3v) is 4.04. The molecule has 0 radical (unpaired) electrons. The number of aromatic nitrogens is 2. The second-order valence-corrected chi connectivity index (χ2v) is 6.19. The van der Waals surface area contributed by atoms with Gasteiger partial charge < -0.3 is 15.0 Å². The summed E-state index contributed by atoms with van der Waals surface area (Å²) in [7, 11) is 0. The highest BCUT2D eigenvalue weighted by Gasteiger charge is 2.28. The summed E-state index contributed by atoms with van der Waals surface area (Å²) in [6.45, 7) is 0.356. The highest BCUT2D eigenvalue weighted by molar-refractivity contribution is 5.96. The van der Waals surface area contributed by atoms with Crippen LogP contribution >= 0.6 is 0 Å². The lowest BCUT2D eigenvalue weighted by atomic mass is 10.1. The van der Waals surface area contributed by atoms with Crippen molar-refractivity contribution in [1.82, 2.24) is 15.3 Å². The van der Waals surface area contributed by atoms with Crippen LogP contribution in [0, 0.1) is 0 Å². The van der Waals surface area contributed by atoms with E-state index < -0.39 is 12.8 Å². The van der Waals surface area contributed by atoms with E-state index in [1.165, 1.54) is 18.3 Å². The zero-order valence-electron chi connectivity index (χ0n) is 15.0. The van der Waals surface area contributed by atoms with Crippen molar-refractivity contribution >= 4 is 22.9 Å². The lowest BCUT2D eigenvalue weighted by Crippen LogP contribution is -2.24. The third kappa shape index (κ3) is 5.12. The Morgan fingerprint density at radius 1 is 1.29 bits per heavy atom. The number of hydrogen-bond acceptors (Lipinski definition) is 3. The van der Waals surface area contributed by atoms with Gasteiger partial charge in [0.25, 0.3) is 0 Å². The van der Waals surface area contributed by atoms with Crippen LogP contribution in [-0.4, -0.2) is 28.7 Å². The van der Waals surface area contributed by atoms with Gasteiger partial charge in [-0.2, -0.15) is 13.2 Å². The first-order chi connectivity index (χ1) is 13.3. The molecule has 3 aromatic rings. The molecule has 2 aromatic heterocycles. The van der Waals surface area contributed by atoms with Crippen molar-refractivity contribution in [2.75, 3.05) is 6.61 Å². The number of para-hydroxylation sites is 1. The molecule has 3 rings (SSSR count). The molecule has 0 aliphatic rings. The average molecular weight is 389 g/mol. The van der Waals surface area contributed by atoms with Crippen molar-refractivity contribution in [2.45, 2.75) is 19.1 Å². The van der Waals surface area contributed by atoms with Crippen LogP contribution in [0.5, 0.6) is 5.88 Å². The third-order valence-electron chi connectivity index (χ3n) is 4.04. The molecule has 1 atom stereocenters. The number of aromatic amines is 1. The molecule has 5 nitrogen and oxygen atoms in total. The normalized spacial score (nSPS) is 13.0. The first kappa shape index (κ1) is 19.5. The molecule has 1 amide bonds. The molecule has 8 heteroatoms. The fourth-order valence-corrected chi connectivity index (χ4v) is 2.63. The largest absolute Gasteiger partial charge is 0.468 e. The fraction of sp³-hybridized carbons (Fsp3) is 0.200. The van der Waals surface area contributed by atoms with Crippen LogP contribution < -0.4 is 10.1 Å². The SMILES string of the molecule is C[C@@H](NC(=O)C=Cc1c[nH]c2ccccc12)c1ccc(OCC(F)(F)F)nc1. The highest BCUT2D eigenvalue weighted by Crippen LogP contribution is 2.20. The number of halogens is 3. The molecule has 1 aromatic carbocycles. The fourth-order valence-electron chi connectivity index (χ4n) is 2.63. The van der Waals surface area contributed by atoms with Gasteiger partial charge >= 0.3 is 6.18 Å². The summed E-state index contributed by atoms with van der Waals surface area (Å²) in [6.07, 6.45) is 1.92. The van der Waals surface area contributed by atoms with Crippen molar-refractivity contribution in [3.05, 3.63) is 66.0 Å². The number of amides is 1. The van der Waals surface area contributed by atoms with Crippen molar-refractivity contribution in [3.8, 4) is 5.88 Å². The summed E-state index contributed by atoms with van der Waals surface area (Å²) in [4.78, 5) is 19.1. The van der Waals surface area contributed by atoms with Gasteiger partial charge in [0, 0.05) is 35.4 Å². The zero-order chi connectivity index (χ0) is 20.1. The van der Waals surface area contributed by atoms with Gasteiger partial charge in [-0.1, -0.05) is 24.3 Å². The number of nitrogens with zero attached hydrogens (tertiary/aromatic N) is 1. The number of nitrogens with one attached hydrogen (secondary N) is 2. The highest BCUT2D eigenvalue weighted by atomic mass is 19.4. The Morgan fingerprint density at radius 3 is 2.79 bits per heavy atom. The summed E-state index contributed by atoms with van der Waals surface area (Å²) in [5.41, 5.74) is 2.52. The lowest BCUT2D eigenvalue weighted by Gasteiger charge is -2.13. The quantitative estimate of drug-likeness (QED) is 0.615. The van der Waals surface area contributed by atoms with Crippen molar-refractivity contribution < 1.29 is 22.7 Å². The molecular formula is C20H18F3N3O2. The Kier molecular flexibility index (Phi) is 5.67. The Hall–Kier alpha value is -3.29. The minimum atomic E-state index is -4.42. The van der Waals surface area contributed by atoms with Crippen LogP contribution in [0.3, 0.4) is 0 Å². The standard InChI is InChI=1S/C20H18F3N3O2/c1-13(14-7-9-19(25-10-14)28-12-20(21,22)23)26-18(27)8-6-15-11-24-17-5-3-2-4-16(15)17/h2-11,13,24H,12H2,1H3,(H,26,27)/t13-/m1/s1. The Balaban J connectivity index is 1.58. The first-order valence-corrected chi connectivity index (χ1v) is 8.52. The Morgan fingerprint density at radius 2 is 2.07 bits per heavy atom. The number of carbonyl (C=O) groups excluding carboxylic acids is 1. The van der Waals surface area contributed by atoms with E-state index in [-0.39, 0.29) is 17.8 Å². The van der Waals surface area contributed by atoms with E-state index in [4.69, 9.17) is 0 Å². The molecule has 146 valence electrons. The summed E-state index contributed by atoms with van der Waals surface area (Å²) >= 11 is 0. The topological polar surface area (TPSA) is 67.0 Å². The number of fused-ring (bicyclic) bond motifs is 1. The van der Waals surface area contributed by atoms with E-state index >= 15 is 0 Å². The summed E-state index contributed by atoms with van der Waals surface area (Å²) < 4.78 is 41.0. The van der Waals surface area contributed by atoms with Gasteiger partial charge in [-0.25, -0.2) is 4.98 Å². The van der Waals surface area contributed by atoms with Crippen LogP contribution in [0.1, 0.15) is 24.1 Å². The monoisotopic (exact) mass is 389 g/mol. The van der Waals surface area contributed by atoms with Gasteiger partial charge in [0.15, 0.2) is 6.61 Å². The predicted molar refractivity (Wildman–Crippen MR) is 99.7 cm³/mol. The van der Waals surface area contributed by atoms with E-state index in [0.717, 1.165) is 16.5 Å². The van der Waals surface area contributed by atoms with Gasteiger partial charge in [-0.05, 0) is 30.2 Å². The molecule has 28 heavy (non-hydrogen) atoms. The summed E-state index contributed by atoms with van der Waals surface area (Å²) in [6, 6.07) is 10.3. The average Bonchev–Trinajstić information content (AvgIpc) is 3.08. The number of benzene rings is 1. The molecule has 0 spiro atoms. The second-order valence-electron chi connectivity index (χ2n) is 6.19. The summed E-state index contributed by atoms with van der Waals surface area (Å²) in [5.74, 6) is -0.422. The maximum atomic E-state index is 12.2. The first-order valence-electron chi connectivity index (χ1n) is 8.52. The number of carbonyl (C=O) groups is 1. The molecule has 0 unspecified atom stereocenters. The minimum absolute atomic E-state index is 0.126. The van der Waals surface area contributed by atoms with Crippen molar-refractivity contribution in [1.29, 1.82) is 0 Å². The molecule has 0 bridgehead atoms. The molecule has 0 aliphatic heterocycles. The van der Waals surface area contributed by atoms with Gasteiger partial charge in [0.05, 0.1) is 6.04 Å². The van der Waals surface area contributed by atoms with E-state index in [0.29, 0.717) is 5.56 Å². The number of rotatable bonds is 6. The van der Waals surface area contributed by atoms with Crippen LogP contribution in [0.15, 0.2) is 54.9 Å². The molecule has 2 heterocycles. The maximum absolute atomic E-state index is 12.2. The molecule has 0 aliphatic carbocycles. The molecule has 0 saturated heterocycles. The maximum Gasteiger partial charge on any atom is 0.422 e. The lowest BCUT2D eigenvalue weighted by molar-refractivity contribution is -0.154. The van der Waals surface area contributed by atoms with E-state index in [1.807, 2.05) is 30.5 Å². The number of ether oxygens (including phenoxy) is 1. The van der Waals surface area contributed by atoms with E-state index in [1.54, 1.807) is 19.1 Å². The van der Waals surface area contributed by atoms with E-state index in [2.05, 4.69) is 20.0 Å². The van der Waals surface area contributed by atoms with Gasteiger partial charge in [-0.15, -0.1) is 0 Å².